The van der Waals surface area contributed by atoms with Crippen LogP contribution in [-0.4, -0.2) is 37.5 Å². The number of fused-ring (bicyclic) bond motifs is 3. The Morgan fingerprint density at radius 2 is 1.83 bits per heavy atom. The molecule has 1 aliphatic carbocycles. The summed E-state index contributed by atoms with van der Waals surface area (Å²) in [5.41, 5.74) is 1.17. The molecule has 9 heteroatoms. The first-order chi connectivity index (χ1) is 13.8. The fourth-order valence-electron chi connectivity index (χ4n) is 3.16. The molecule has 1 saturated carbocycles. The summed E-state index contributed by atoms with van der Waals surface area (Å²) >= 11 is 0. The second-order valence-corrected chi connectivity index (χ2v) is 8.86. The predicted octanol–water partition coefficient (Wildman–Crippen LogP) is 2.38. The normalized spacial score (nSPS) is 15.4. The van der Waals surface area contributed by atoms with Gasteiger partial charge in [0, 0.05) is 23.2 Å². The maximum absolute atomic E-state index is 12.8. The van der Waals surface area contributed by atoms with E-state index in [-0.39, 0.29) is 29.7 Å². The molecule has 0 bridgehead atoms. The number of para-hydroxylation sites is 1. The van der Waals surface area contributed by atoms with Crippen LogP contribution in [0, 0.1) is 0 Å². The van der Waals surface area contributed by atoms with Crippen LogP contribution in [0.2, 0.25) is 0 Å². The van der Waals surface area contributed by atoms with Crippen LogP contribution in [0.15, 0.2) is 51.8 Å². The molecule has 0 spiro atoms. The summed E-state index contributed by atoms with van der Waals surface area (Å²) in [5.74, 6) is -1.60. The monoisotopic (exact) mass is 416 g/mol. The Morgan fingerprint density at radius 3 is 2.55 bits per heavy atom. The van der Waals surface area contributed by atoms with Crippen molar-refractivity contribution in [3.05, 3.63) is 42.5 Å². The van der Waals surface area contributed by atoms with Gasteiger partial charge in [0.25, 0.3) is 0 Å². The molecule has 2 aromatic carbocycles. The van der Waals surface area contributed by atoms with Gasteiger partial charge in [-0.1, -0.05) is 18.2 Å². The highest BCUT2D eigenvalue weighted by atomic mass is 32.2. The molecule has 4 rings (SSSR count). The second-order valence-electron chi connectivity index (χ2n) is 7.15. The SMILES string of the molecule is O=C(CCC(NS(=O)(=O)c1ccc2oc3ccccc3c2c1)C(=O)O)NC1CC1. The van der Waals surface area contributed by atoms with Crippen molar-refractivity contribution in [2.45, 2.75) is 42.7 Å². The van der Waals surface area contributed by atoms with Gasteiger partial charge in [0.15, 0.2) is 0 Å². The van der Waals surface area contributed by atoms with E-state index in [1.165, 1.54) is 12.1 Å². The van der Waals surface area contributed by atoms with Crippen molar-refractivity contribution in [2.24, 2.45) is 0 Å². The van der Waals surface area contributed by atoms with Crippen molar-refractivity contribution in [3.8, 4) is 0 Å². The zero-order chi connectivity index (χ0) is 20.6. The largest absolute Gasteiger partial charge is 0.480 e. The minimum Gasteiger partial charge on any atom is -0.480 e. The number of carbonyl (C=O) groups is 2. The fraction of sp³-hybridized carbons (Fsp3) is 0.300. The van der Waals surface area contributed by atoms with Crippen molar-refractivity contribution in [1.82, 2.24) is 10.0 Å². The molecular formula is C20H20N2O6S. The number of carbonyl (C=O) groups excluding carboxylic acids is 1. The van der Waals surface area contributed by atoms with E-state index in [1.807, 2.05) is 18.2 Å². The maximum Gasteiger partial charge on any atom is 0.321 e. The summed E-state index contributed by atoms with van der Waals surface area (Å²) in [6.45, 7) is 0. The predicted molar refractivity (Wildman–Crippen MR) is 106 cm³/mol. The number of sulfonamides is 1. The molecule has 8 nitrogen and oxygen atoms in total. The zero-order valence-corrected chi connectivity index (χ0v) is 16.2. The van der Waals surface area contributed by atoms with Crippen molar-refractivity contribution in [1.29, 1.82) is 0 Å². The quantitative estimate of drug-likeness (QED) is 0.518. The summed E-state index contributed by atoms with van der Waals surface area (Å²) in [5, 5.41) is 13.5. The lowest BCUT2D eigenvalue weighted by molar-refractivity contribution is -0.139. The Labute approximate surface area is 166 Å². The van der Waals surface area contributed by atoms with Crippen LogP contribution in [0.3, 0.4) is 0 Å². The molecule has 3 aromatic rings. The van der Waals surface area contributed by atoms with Gasteiger partial charge in [-0.2, -0.15) is 4.72 Å². The number of carboxylic acid groups (broad SMARTS) is 1. The van der Waals surface area contributed by atoms with Crippen molar-refractivity contribution in [2.75, 3.05) is 0 Å². The molecule has 1 heterocycles. The topological polar surface area (TPSA) is 126 Å². The highest BCUT2D eigenvalue weighted by molar-refractivity contribution is 7.89. The van der Waals surface area contributed by atoms with Crippen molar-refractivity contribution in [3.63, 3.8) is 0 Å². The lowest BCUT2D eigenvalue weighted by Crippen LogP contribution is -2.41. The Hall–Kier alpha value is -2.91. The van der Waals surface area contributed by atoms with Gasteiger partial charge in [-0.25, -0.2) is 8.42 Å². The minimum atomic E-state index is -4.11. The molecule has 29 heavy (non-hydrogen) atoms. The number of nitrogens with one attached hydrogen (secondary N) is 2. The average molecular weight is 416 g/mol. The lowest BCUT2D eigenvalue weighted by atomic mass is 10.1. The third-order valence-electron chi connectivity index (χ3n) is 4.86. The third kappa shape index (κ3) is 4.25. The average Bonchev–Trinajstić information content (AvgIpc) is 3.41. The molecule has 1 aliphatic rings. The highest BCUT2D eigenvalue weighted by Gasteiger charge is 2.28. The maximum atomic E-state index is 12.8. The summed E-state index contributed by atoms with van der Waals surface area (Å²) in [7, 11) is -4.11. The van der Waals surface area contributed by atoms with Gasteiger partial charge in [-0.15, -0.1) is 0 Å². The van der Waals surface area contributed by atoms with Gasteiger partial charge in [-0.05, 0) is 43.5 Å². The summed E-state index contributed by atoms with van der Waals surface area (Å²) in [4.78, 5) is 23.3. The van der Waals surface area contributed by atoms with E-state index in [4.69, 9.17) is 4.42 Å². The highest BCUT2D eigenvalue weighted by Crippen LogP contribution is 2.30. The Balaban J connectivity index is 1.54. The molecule has 1 aromatic heterocycles. The number of aliphatic carboxylic acids is 1. The first kappa shape index (κ1) is 19.4. The van der Waals surface area contributed by atoms with Crippen LogP contribution in [0.25, 0.3) is 21.9 Å². The minimum absolute atomic E-state index is 0.0646. The fourth-order valence-corrected chi connectivity index (χ4v) is 4.41. The molecule has 1 atom stereocenters. The first-order valence-corrected chi connectivity index (χ1v) is 10.8. The number of hydrogen-bond acceptors (Lipinski definition) is 5. The van der Waals surface area contributed by atoms with Crippen LogP contribution < -0.4 is 10.0 Å². The molecule has 152 valence electrons. The van der Waals surface area contributed by atoms with E-state index in [2.05, 4.69) is 10.0 Å². The van der Waals surface area contributed by atoms with Crippen LogP contribution in [0.1, 0.15) is 25.7 Å². The van der Waals surface area contributed by atoms with Crippen molar-refractivity contribution >= 4 is 43.8 Å². The van der Waals surface area contributed by atoms with Crippen LogP contribution in [0.4, 0.5) is 0 Å². The molecule has 0 saturated heterocycles. The number of furan rings is 1. The van der Waals surface area contributed by atoms with Gasteiger partial charge in [-0.3, -0.25) is 9.59 Å². The number of hydrogen-bond donors (Lipinski definition) is 3. The van der Waals surface area contributed by atoms with Crippen molar-refractivity contribution < 1.29 is 27.5 Å². The van der Waals surface area contributed by atoms with Gasteiger partial charge in [0.2, 0.25) is 15.9 Å². The molecule has 0 radical (unpaired) electrons. The number of benzene rings is 2. The van der Waals surface area contributed by atoms with Gasteiger partial charge < -0.3 is 14.8 Å². The smallest absolute Gasteiger partial charge is 0.321 e. The lowest BCUT2D eigenvalue weighted by Gasteiger charge is -2.15. The van der Waals surface area contributed by atoms with E-state index < -0.39 is 22.0 Å². The number of amides is 1. The summed E-state index contributed by atoms with van der Waals surface area (Å²) in [6, 6.07) is 10.4. The number of carboxylic acids is 1. The second kappa shape index (κ2) is 7.49. The molecule has 3 N–H and O–H groups in total. The number of rotatable bonds is 8. The van der Waals surface area contributed by atoms with Crippen LogP contribution >= 0.6 is 0 Å². The van der Waals surface area contributed by atoms with Gasteiger partial charge >= 0.3 is 5.97 Å². The van der Waals surface area contributed by atoms with E-state index in [9.17, 15) is 23.1 Å². The Morgan fingerprint density at radius 1 is 1.10 bits per heavy atom. The summed E-state index contributed by atoms with van der Waals surface area (Å²) in [6.07, 6.45) is 1.64. The van der Waals surface area contributed by atoms with Crippen LogP contribution in [0.5, 0.6) is 0 Å². The molecular weight excluding hydrogens is 396 g/mol. The van der Waals surface area contributed by atoms with Crippen LogP contribution in [-0.2, 0) is 19.6 Å². The van der Waals surface area contributed by atoms with Gasteiger partial charge in [0.1, 0.15) is 17.2 Å². The Bertz CT molecular complexity index is 1200. The molecule has 1 unspecified atom stereocenters. The van der Waals surface area contributed by atoms with E-state index in [0.29, 0.717) is 16.6 Å². The molecule has 1 fully saturated rings. The van der Waals surface area contributed by atoms with Gasteiger partial charge in [0.05, 0.1) is 4.90 Å². The molecule has 0 aliphatic heterocycles. The standard InChI is InChI=1S/C20H20N2O6S/c23-19(21-12-5-6-12)10-8-16(20(24)25)22-29(26,27)13-7-9-18-15(11-13)14-3-1-2-4-17(14)28-18/h1-4,7,9,11-12,16,22H,5-6,8,10H2,(H,21,23)(H,24,25). The Kier molecular flexibility index (Phi) is 5.01. The third-order valence-corrected chi connectivity index (χ3v) is 6.33. The molecule has 1 amide bonds. The zero-order valence-electron chi connectivity index (χ0n) is 15.4. The van der Waals surface area contributed by atoms with E-state index in [1.54, 1.807) is 12.1 Å². The summed E-state index contributed by atoms with van der Waals surface area (Å²) < 4.78 is 33.4. The first-order valence-electron chi connectivity index (χ1n) is 9.29. The van der Waals surface area contributed by atoms with E-state index >= 15 is 0 Å². The van der Waals surface area contributed by atoms with E-state index in [0.717, 1.165) is 18.2 Å².